The molecular formula is C15H23ClN4O2. The molecule has 0 spiro atoms. The highest BCUT2D eigenvalue weighted by atomic mass is 35.5. The van der Waals surface area contributed by atoms with Crippen LogP contribution < -0.4 is 10.2 Å². The molecule has 1 aliphatic heterocycles. The van der Waals surface area contributed by atoms with Gasteiger partial charge in [-0.1, -0.05) is 32.4 Å². The number of hydrogen-bond donors (Lipinski definition) is 2. The number of carbonyl (C=O) groups is 1. The van der Waals surface area contributed by atoms with Gasteiger partial charge in [-0.15, -0.1) is 0 Å². The van der Waals surface area contributed by atoms with Crippen LogP contribution >= 0.6 is 11.6 Å². The van der Waals surface area contributed by atoms with E-state index in [1.807, 2.05) is 25.7 Å². The molecule has 7 heteroatoms. The number of nitrogens with zero attached hydrogens (tertiary/aromatic N) is 3. The van der Waals surface area contributed by atoms with Gasteiger partial charge in [-0.25, -0.2) is 9.97 Å². The molecule has 0 radical (unpaired) electrons. The van der Waals surface area contributed by atoms with E-state index < -0.39 is 12.0 Å². The standard InChI is InChI=1S/C15H23ClN4O2/c1-15(2,3)11(21)9-17-13(22)12-10(16)8-18-14(19-12)20-6-4-5-7-20/h8,11,21H,4-7,9H2,1-3H3,(H,17,22). The second-order valence-corrected chi connectivity index (χ2v) is 7.06. The van der Waals surface area contributed by atoms with Crippen molar-refractivity contribution in [1.82, 2.24) is 15.3 Å². The lowest BCUT2D eigenvalue weighted by Gasteiger charge is -2.25. The molecule has 122 valence electrons. The maximum absolute atomic E-state index is 12.2. The molecule has 1 unspecified atom stereocenters. The minimum atomic E-state index is -0.643. The summed E-state index contributed by atoms with van der Waals surface area (Å²) in [5.41, 5.74) is -0.150. The SMILES string of the molecule is CC(C)(C)C(O)CNC(=O)c1nc(N2CCCC2)ncc1Cl. The fourth-order valence-corrected chi connectivity index (χ4v) is 2.34. The van der Waals surface area contributed by atoms with Gasteiger partial charge >= 0.3 is 0 Å². The Balaban J connectivity index is 2.07. The lowest BCUT2D eigenvalue weighted by Crippen LogP contribution is -2.39. The maximum atomic E-state index is 12.2. The Hall–Kier alpha value is -1.40. The van der Waals surface area contributed by atoms with Crippen molar-refractivity contribution in [3.05, 3.63) is 16.9 Å². The Morgan fingerprint density at radius 2 is 2.09 bits per heavy atom. The first kappa shape index (κ1) is 17.0. The third-order valence-electron chi connectivity index (χ3n) is 3.79. The van der Waals surface area contributed by atoms with Gasteiger partial charge in [0.2, 0.25) is 5.95 Å². The Bertz CT molecular complexity index is 539. The van der Waals surface area contributed by atoms with E-state index in [0.29, 0.717) is 5.95 Å². The van der Waals surface area contributed by atoms with E-state index in [2.05, 4.69) is 15.3 Å². The van der Waals surface area contributed by atoms with Gasteiger partial charge < -0.3 is 15.3 Å². The zero-order chi connectivity index (χ0) is 16.3. The van der Waals surface area contributed by atoms with Crippen LogP contribution in [0.15, 0.2) is 6.20 Å². The highest BCUT2D eigenvalue weighted by Crippen LogP contribution is 2.21. The molecule has 0 bridgehead atoms. The maximum Gasteiger partial charge on any atom is 0.271 e. The smallest absolute Gasteiger partial charge is 0.271 e. The van der Waals surface area contributed by atoms with Crippen LogP contribution in [0.3, 0.4) is 0 Å². The summed E-state index contributed by atoms with van der Waals surface area (Å²) in [6.07, 6.45) is 3.02. The summed E-state index contributed by atoms with van der Waals surface area (Å²) in [4.78, 5) is 22.8. The van der Waals surface area contributed by atoms with Crippen molar-refractivity contribution >= 4 is 23.5 Å². The second kappa shape index (κ2) is 6.79. The van der Waals surface area contributed by atoms with Crippen molar-refractivity contribution in [1.29, 1.82) is 0 Å². The molecule has 1 saturated heterocycles. The van der Waals surface area contributed by atoms with Crippen LogP contribution in [0.25, 0.3) is 0 Å². The predicted octanol–water partition coefficient (Wildman–Crippen LogP) is 1.87. The van der Waals surface area contributed by atoms with Crippen LogP contribution in [0.1, 0.15) is 44.1 Å². The average Bonchev–Trinajstić information content (AvgIpc) is 2.98. The molecule has 0 saturated carbocycles. The zero-order valence-electron chi connectivity index (χ0n) is 13.3. The molecule has 1 aliphatic rings. The summed E-state index contributed by atoms with van der Waals surface area (Å²) < 4.78 is 0. The predicted molar refractivity (Wildman–Crippen MR) is 86.3 cm³/mol. The Morgan fingerprint density at radius 1 is 1.45 bits per heavy atom. The lowest BCUT2D eigenvalue weighted by atomic mass is 9.89. The van der Waals surface area contributed by atoms with Gasteiger partial charge in [0, 0.05) is 19.6 Å². The van der Waals surface area contributed by atoms with Crippen LogP contribution in [0.5, 0.6) is 0 Å². The zero-order valence-corrected chi connectivity index (χ0v) is 14.0. The molecule has 2 rings (SSSR count). The van der Waals surface area contributed by atoms with Gasteiger partial charge in [-0.05, 0) is 18.3 Å². The first-order valence-electron chi connectivity index (χ1n) is 7.53. The van der Waals surface area contributed by atoms with Crippen molar-refractivity contribution in [3.8, 4) is 0 Å². The molecule has 1 atom stereocenters. The van der Waals surface area contributed by atoms with Gasteiger partial charge in [0.25, 0.3) is 5.91 Å². The van der Waals surface area contributed by atoms with E-state index in [1.54, 1.807) is 0 Å². The molecule has 2 N–H and O–H groups in total. The molecule has 0 aliphatic carbocycles. The van der Waals surface area contributed by atoms with Crippen molar-refractivity contribution in [3.63, 3.8) is 0 Å². The Labute approximate surface area is 135 Å². The fourth-order valence-electron chi connectivity index (χ4n) is 2.17. The summed E-state index contributed by atoms with van der Waals surface area (Å²) in [5.74, 6) is 0.138. The number of halogens is 1. The molecule has 1 amide bonds. The first-order chi connectivity index (χ1) is 10.3. The van der Waals surface area contributed by atoms with Crippen molar-refractivity contribution < 1.29 is 9.90 Å². The molecule has 22 heavy (non-hydrogen) atoms. The lowest BCUT2D eigenvalue weighted by molar-refractivity contribution is 0.0585. The van der Waals surface area contributed by atoms with Gasteiger partial charge in [0.15, 0.2) is 5.69 Å². The number of anilines is 1. The number of rotatable bonds is 4. The number of hydrogen-bond acceptors (Lipinski definition) is 5. The third-order valence-corrected chi connectivity index (χ3v) is 4.07. The first-order valence-corrected chi connectivity index (χ1v) is 7.90. The third kappa shape index (κ3) is 4.08. The van der Waals surface area contributed by atoms with Crippen LogP contribution in [0, 0.1) is 5.41 Å². The quantitative estimate of drug-likeness (QED) is 0.883. The Morgan fingerprint density at radius 3 is 2.68 bits per heavy atom. The summed E-state index contributed by atoms with van der Waals surface area (Å²) in [5, 5.41) is 12.9. The van der Waals surface area contributed by atoms with Gasteiger partial charge in [-0.3, -0.25) is 4.79 Å². The van der Waals surface area contributed by atoms with E-state index in [-0.39, 0.29) is 22.7 Å². The molecule has 2 heterocycles. The number of nitrogens with one attached hydrogen (secondary N) is 1. The number of aromatic nitrogens is 2. The van der Waals surface area contributed by atoms with Crippen LogP contribution in [0.4, 0.5) is 5.95 Å². The van der Waals surface area contributed by atoms with E-state index in [9.17, 15) is 9.90 Å². The average molecular weight is 327 g/mol. The highest BCUT2D eigenvalue weighted by molar-refractivity contribution is 6.33. The van der Waals surface area contributed by atoms with E-state index in [4.69, 9.17) is 11.6 Å². The number of aliphatic hydroxyl groups excluding tert-OH is 1. The van der Waals surface area contributed by atoms with E-state index >= 15 is 0 Å². The van der Waals surface area contributed by atoms with E-state index in [1.165, 1.54) is 6.20 Å². The van der Waals surface area contributed by atoms with Crippen LogP contribution in [-0.2, 0) is 0 Å². The summed E-state index contributed by atoms with van der Waals surface area (Å²) >= 11 is 6.04. The topological polar surface area (TPSA) is 78.3 Å². The molecule has 0 aromatic carbocycles. The minimum absolute atomic E-state index is 0.152. The molecular weight excluding hydrogens is 304 g/mol. The molecule has 1 aromatic rings. The monoisotopic (exact) mass is 326 g/mol. The number of carbonyl (C=O) groups excluding carboxylic acids is 1. The highest BCUT2D eigenvalue weighted by Gasteiger charge is 2.24. The molecule has 1 aromatic heterocycles. The summed E-state index contributed by atoms with van der Waals surface area (Å²) in [7, 11) is 0. The molecule has 1 fully saturated rings. The summed E-state index contributed by atoms with van der Waals surface area (Å²) in [6.45, 7) is 7.67. The van der Waals surface area contributed by atoms with Gasteiger partial charge in [0.1, 0.15) is 0 Å². The second-order valence-electron chi connectivity index (χ2n) is 6.65. The minimum Gasteiger partial charge on any atom is -0.391 e. The normalized spacial score (nSPS) is 16.7. The van der Waals surface area contributed by atoms with E-state index in [0.717, 1.165) is 25.9 Å². The number of aliphatic hydroxyl groups is 1. The fraction of sp³-hybridized carbons (Fsp3) is 0.667. The summed E-state index contributed by atoms with van der Waals surface area (Å²) in [6, 6.07) is 0. The van der Waals surface area contributed by atoms with Gasteiger partial charge in [-0.2, -0.15) is 0 Å². The largest absolute Gasteiger partial charge is 0.391 e. The van der Waals surface area contributed by atoms with Crippen LogP contribution in [-0.4, -0.2) is 46.7 Å². The van der Waals surface area contributed by atoms with Crippen molar-refractivity contribution in [2.75, 3.05) is 24.5 Å². The molecule has 6 nitrogen and oxygen atoms in total. The van der Waals surface area contributed by atoms with Crippen LogP contribution in [0.2, 0.25) is 5.02 Å². The van der Waals surface area contributed by atoms with Gasteiger partial charge in [0.05, 0.1) is 17.3 Å². The number of amides is 1. The Kier molecular flexibility index (Phi) is 5.24. The van der Waals surface area contributed by atoms with Crippen molar-refractivity contribution in [2.24, 2.45) is 5.41 Å². The van der Waals surface area contributed by atoms with Crippen molar-refractivity contribution in [2.45, 2.75) is 39.7 Å².